The van der Waals surface area contributed by atoms with Crippen LogP contribution in [-0.4, -0.2) is 29.3 Å². The van der Waals surface area contributed by atoms with Gasteiger partial charge in [0.1, 0.15) is 5.82 Å². The number of aromatic nitrogens is 2. The topological polar surface area (TPSA) is 72.3 Å². The highest BCUT2D eigenvalue weighted by Gasteiger charge is 2.32. The van der Waals surface area contributed by atoms with Gasteiger partial charge in [-0.2, -0.15) is 17.5 Å². The predicted octanol–water partition coefficient (Wildman–Crippen LogP) is 6.45. The van der Waals surface area contributed by atoms with Gasteiger partial charge in [-0.25, -0.2) is 13.4 Å². The molecule has 0 aliphatic rings. The van der Waals surface area contributed by atoms with Crippen molar-refractivity contribution < 1.29 is 21.6 Å². The second-order valence-corrected chi connectivity index (χ2v) is 11.3. The monoisotopic (exact) mass is 563 g/mol. The predicted molar refractivity (Wildman–Crippen MR) is 148 cm³/mol. The lowest BCUT2D eigenvalue weighted by molar-refractivity contribution is -0.137. The lowest BCUT2D eigenvalue weighted by Crippen LogP contribution is -2.35. The van der Waals surface area contributed by atoms with Crippen molar-refractivity contribution in [1.82, 2.24) is 13.9 Å². The lowest BCUT2D eigenvalue weighted by Gasteiger charge is -2.26. The number of fused-ring (bicyclic) bond motifs is 1. The van der Waals surface area contributed by atoms with Gasteiger partial charge in [0, 0.05) is 7.05 Å². The van der Waals surface area contributed by atoms with Crippen LogP contribution in [0.3, 0.4) is 0 Å². The van der Waals surface area contributed by atoms with Gasteiger partial charge in [-0.3, -0.25) is 9.36 Å². The van der Waals surface area contributed by atoms with Crippen molar-refractivity contribution in [3.05, 3.63) is 125 Å². The third-order valence-corrected chi connectivity index (χ3v) is 8.75. The summed E-state index contributed by atoms with van der Waals surface area (Å²) in [5, 5.41) is 0.250. The summed E-state index contributed by atoms with van der Waals surface area (Å²) in [6.07, 6.45) is -4.55. The third-order valence-electron chi connectivity index (χ3n) is 6.81. The molecule has 0 fully saturated rings. The summed E-state index contributed by atoms with van der Waals surface area (Å²) in [7, 11) is -2.67. The van der Waals surface area contributed by atoms with E-state index in [2.05, 4.69) is 4.98 Å². The molecule has 5 aromatic rings. The fraction of sp³-hybridized carbons (Fsp3) is 0.133. The van der Waals surface area contributed by atoms with Crippen LogP contribution >= 0.6 is 0 Å². The molecule has 0 amide bonds. The lowest BCUT2D eigenvalue weighted by atomic mass is 10.1. The molecule has 1 aromatic heterocycles. The highest BCUT2D eigenvalue weighted by molar-refractivity contribution is 7.89. The maximum atomic E-state index is 13.6. The van der Waals surface area contributed by atoms with E-state index in [0.717, 1.165) is 32.1 Å². The second-order valence-electron chi connectivity index (χ2n) is 9.26. The van der Waals surface area contributed by atoms with Gasteiger partial charge in [0.15, 0.2) is 0 Å². The molecule has 0 bridgehead atoms. The van der Waals surface area contributed by atoms with Crippen LogP contribution in [0.1, 0.15) is 24.4 Å². The van der Waals surface area contributed by atoms with Crippen LogP contribution in [0.15, 0.2) is 113 Å². The fourth-order valence-electron chi connectivity index (χ4n) is 4.47. The van der Waals surface area contributed by atoms with Gasteiger partial charge in [-0.15, -0.1) is 0 Å². The zero-order chi connectivity index (χ0) is 28.7. The summed E-state index contributed by atoms with van der Waals surface area (Å²) in [4.78, 5) is 18.2. The molecule has 1 atom stereocenters. The smallest absolute Gasteiger partial charge is 0.268 e. The maximum Gasteiger partial charge on any atom is 0.416 e. The Hall–Kier alpha value is -4.28. The summed E-state index contributed by atoms with van der Waals surface area (Å²) >= 11 is 0. The molecule has 1 unspecified atom stereocenters. The Labute approximate surface area is 229 Å². The maximum absolute atomic E-state index is 13.6. The Bertz CT molecular complexity index is 1840. The van der Waals surface area contributed by atoms with E-state index in [4.69, 9.17) is 0 Å². The number of hydrogen-bond acceptors (Lipinski definition) is 4. The van der Waals surface area contributed by atoms with E-state index in [1.807, 2.05) is 30.3 Å². The fourth-order valence-corrected chi connectivity index (χ4v) is 5.79. The summed E-state index contributed by atoms with van der Waals surface area (Å²) in [6.45, 7) is 1.58. The number of sulfonamides is 1. The molecule has 0 saturated carbocycles. The highest BCUT2D eigenvalue weighted by atomic mass is 32.2. The Morgan fingerprint density at radius 3 is 2.00 bits per heavy atom. The van der Waals surface area contributed by atoms with Crippen LogP contribution < -0.4 is 5.56 Å². The van der Waals surface area contributed by atoms with Gasteiger partial charge < -0.3 is 0 Å². The van der Waals surface area contributed by atoms with Crippen LogP contribution in [0.4, 0.5) is 13.2 Å². The minimum absolute atomic E-state index is 0.0470. The van der Waals surface area contributed by atoms with Crippen molar-refractivity contribution >= 4 is 20.9 Å². The van der Waals surface area contributed by atoms with E-state index < -0.39 is 33.4 Å². The largest absolute Gasteiger partial charge is 0.416 e. The average Bonchev–Trinajstić information content (AvgIpc) is 2.96. The quantitative estimate of drug-likeness (QED) is 0.238. The summed E-state index contributed by atoms with van der Waals surface area (Å²) in [5.41, 5.74) is 0.875. The molecule has 10 heteroatoms. The van der Waals surface area contributed by atoms with Crippen molar-refractivity contribution in [3.8, 4) is 16.8 Å². The molecule has 0 saturated heterocycles. The number of hydrogen-bond donors (Lipinski definition) is 0. The molecule has 0 aliphatic carbocycles. The van der Waals surface area contributed by atoms with E-state index in [9.17, 15) is 26.4 Å². The van der Waals surface area contributed by atoms with Crippen molar-refractivity contribution in [2.75, 3.05) is 7.05 Å². The molecule has 40 heavy (non-hydrogen) atoms. The van der Waals surface area contributed by atoms with Gasteiger partial charge in [0.25, 0.3) is 5.56 Å². The van der Waals surface area contributed by atoms with E-state index in [1.54, 1.807) is 43.3 Å². The summed E-state index contributed by atoms with van der Waals surface area (Å²) in [6, 6.07) is 25.6. The first-order valence-corrected chi connectivity index (χ1v) is 13.8. The zero-order valence-electron chi connectivity index (χ0n) is 21.5. The first kappa shape index (κ1) is 27.3. The molecule has 1 heterocycles. The van der Waals surface area contributed by atoms with Gasteiger partial charge in [0.05, 0.1) is 33.1 Å². The van der Waals surface area contributed by atoms with Crippen molar-refractivity contribution in [3.63, 3.8) is 0 Å². The molecule has 0 spiro atoms. The summed E-state index contributed by atoms with van der Waals surface area (Å²) in [5.74, 6) is 0.0652. The third kappa shape index (κ3) is 5.03. The molecule has 0 N–H and O–H groups in total. The van der Waals surface area contributed by atoms with E-state index >= 15 is 0 Å². The Balaban J connectivity index is 1.58. The minimum atomic E-state index is -4.55. The normalized spacial score (nSPS) is 13.1. The van der Waals surface area contributed by atoms with Crippen molar-refractivity contribution in [2.24, 2.45) is 0 Å². The number of rotatable bonds is 6. The van der Waals surface area contributed by atoms with Crippen LogP contribution in [0.2, 0.25) is 0 Å². The number of para-hydroxylation sites is 1. The van der Waals surface area contributed by atoms with Crippen LogP contribution in [0.25, 0.3) is 27.7 Å². The highest BCUT2D eigenvalue weighted by Crippen LogP contribution is 2.31. The van der Waals surface area contributed by atoms with Gasteiger partial charge >= 0.3 is 6.18 Å². The Morgan fingerprint density at radius 2 is 1.38 bits per heavy atom. The molecule has 0 aliphatic heterocycles. The molecular weight excluding hydrogens is 539 g/mol. The number of alkyl halides is 3. The van der Waals surface area contributed by atoms with E-state index in [0.29, 0.717) is 5.52 Å². The molecular formula is C30H24F3N3O3S. The van der Waals surface area contributed by atoms with Crippen LogP contribution in [0.5, 0.6) is 0 Å². The van der Waals surface area contributed by atoms with Gasteiger partial charge in [-0.1, -0.05) is 54.6 Å². The average molecular weight is 564 g/mol. The summed E-state index contributed by atoms with van der Waals surface area (Å²) < 4.78 is 69.1. The number of benzene rings is 4. The zero-order valence-corrected chi connectivity index (χ0v) is 22.3. The molecule has 6 nitrogen and oxygen atoms in total. The minimum Gasteiger partial charge on any atom is -0.268 e. The Morgan fingerprint density at radius 1 is 0.800 bits per heavy atom. The van der Waals surface area contributed by atoms with Crippen LogP contribution in [0, 0.1) is 0 Å². The SMILES string of the molecule is CC(c1nc2ccccc2c(=O)n1-c1ccc(C(F)(F)F)cc1)N(C)S(=O)(=O)c1ccc(-c2ccccc2)cc1. The van der Waals surface area contributed by atoms with Crippen molar-refractivity contribution in [1.29, 1.82) is 0 Å². The first-order chi connectivity index (χ1) is 19.0. The first-order valence-electron chi connectivity index (χ1n) is 12.3. The molecule has 5 rings (SSSR count). The number of halogens is 3. The second kappa shape index (κ2) is 10.4. The Kier molecular flexibility index (Phi) is 7.07. The van der Waals surface area contributed by atoms with Crippen LogP contribution in [-0.2, 0) is 16.2 Å². The van der Waals surface area contributed by atoms with E-state index in [-0.39, 0.29) is 21.8 Å². The van der Waals surface area contributed by atoms with Gasteiger partial charge in [-0.05, 0) is 66.6 Å². The standard InChI is InChI=1S/C30H24F3N3O3S/c1-20(35(2)40(38,39)25-18-12-22(13-19-25)21-8-4-3-5-9-21)28-34-27-11-7-6-10-26(27)29(37)36(28)24-16-14-23(15-17-24)30(31,32)33/h3-20H,1-2H3. The van der Waals surface area contributed by atoms with Crippen molar-refractivity contribution in [2.45, 2.75) is 24.0 Å². The van der Waals surface area contributed by atoms with E-state index in [1.165, 1.54) is 31.3 Å². The molecule has 204 valence electrons. The van der Waals surface area contributed by atoms with Gasteiger partial charge in [0.2, 0.25) is 10.0 Å². The molecule has 4 aromatic carbocycles. The molecule has 0 radical (unpaired) electrons. The number of nitrogens with zero attached hydrogens (tertiary/aromatic N) is 3.